The largest absolute Gasteiger partial charge is 0.508 e. The third kappa shape index (κ3) is 6.21. The molecule has 0 aliphatic rings. The van der Waals surface area contributed by atoms with Gasteiger partial charge in [0.2, 0.25) is 0 Å². The molecule has 2 aromatic carbocycles. The average Bonchev–Trinajstić information content (AvgIpc) is 2.58. The first-order valence-electron chi connectivity index (χ1n) is 9.37. The van der Waals surface area contributed by atoms with Crippen molar-refractivity contribution < 1.29 is 15.3 Å². The molecule has 2 aromatic rings. The zero-order valence-electron chi connectivity index (χ0n) is 16.7. The van der Waals surface area contributed by atoms with Gasteiger partial charge in [-0.3, -0.25) is 0 Å². The fourth-order valence-electron chi connectivity index (χ4n) is 2.92. The minimum Gasteiger partial charge on any atom is -0.508 e. The number of phenols is 3. The van der Waals surface area contributed by atoms with Crippen molar-refractivity contribution in [2.75, 3.05) is 0 Å². The van der Waals surface area contributed by atoms with E-state index in [2.05, 4.69) is 6.08 Å². The van der Waals surface area contributed by atoms with Gasteiger partial charge in [0, 0.05) is 5.56 Å². The summed E-state index contributed by atoms with van der Waals surface area (Å²) >= 11 is 0. The van der Waals surface area contributed by atoms with Crippen molar-refractivity contribution in [1.29, 1.82) is 0 Å². The second-order valence-corrected chi connectivity index (χ2v) is 7.55. The number of hydrogen-bond donors (Lipinski definition) is 3. The number of aromatic hydroxyl groups is 3. The van der Waals surface area contributed by atoms with Gasteiger partial charge in [0.05, 0.1) is 0 Å². The summed E-state index contributed by atoms with van der Waals surface area (Å²) in [5.41, 5.74) is 5.86. The van der Waals surface area contributed by atoms with Gasteiger partial charge >= 0.3 is 0 Å². The van der Waals surface area contributed by atoms with Crippen molar-refractivity contribution in [1.82, 2.24) is 0 Å². The van der Waals surface area contributed by atoms with Gasteiger partial charge in [-0.05, 0) is 88.3 Å². The van der Waals surface area contributed by atoms with Crippen molar-refractivity contribution in [3.63, 3.8) is 0 Å². The minimum atomic E-state index is 0.137. The standard InChI is InChI=1S/C24H30O3/c1-16(2)5-10-20-13-18(9-12-22(20)25)7-8-19-14-23(26)21(24(27)15-19)11-6-17(3)4/h5-6,9,12-15,25-27H,7-8,10-11H2,1-4H3. The van der Waals surface area contributed by atoms with E-state index in [1.165, 1.54) is 5.57 Å². The Balaban J connectivity index is 2.11. The Bertz CT molecular complexity index is 829. The molecular weight excluding hydrogens is 336 g/mol. The van der Waals surface area contributed by atoms with E-state index in [0.717, 1.165) is 28.7 Å². The number of allylic oxidation sites excluding steroid dienone is 4. The molecule has 0 aliphatic carbocycles. The summed E-state index contributed by atoms with van der Waals surface area (Å²) in [5.74, 6) is 0.588. The summed E-state index contributed by atoms with van der Waals surface area (Å²) < 4.78 is 0. The molecule has 0 heterocycles. The molecule has 3 heteroatoms. The van der Waals surface area contributed by atoms with E-state index in [1.807, 2.05) is 45.9 Å². The summed E-state index contributed by atoms with van der Waals surface area (Å²) in [6.45, 7) is 8.07. The molecule has 0 aliphatic heterocycles. The third-order valence-electron chi connectivity index (χ3n) is 4.55. The Labute approximate surface area is 162 Å². The molecule has 0 bridgehead atoms. The van der Waals surface area contributed by atoms with Crippen molar-refractivity contribution in [2.45, 2.75) is 53.4 Å². The zero-order valence-corrected chi connectivity index (χ0v) is 16.7. The Morgan fingerprint density at radius 1 is 0.704 bits per heavy atom. The van der Waals surface area contributed by atoms with Gasteiger partial charge in [0.25, 0.3) is 0 Å². The molecule has 3 nitrogen and oxygen atoms in total. The van der Waals surface area contributed by atoms with Crippen LogP contribution in [-0.4, -0.2) is 15.3 Å². The van der Waals surface area contributed by atoms with Crippen LogP contribution in [0.4, 0.5) is 0 Å². The maximum absolute atomic E-state index is 10.3. The fourth-order valence-corrected chi connectivity index (χ4v) is 2.92. The molecule has 0 atom stereocenters. The smallest absolute Gasteiger partial charge is 0.123 e. The van der Waals surface area contributed by atoms with E-state index in [1.54, 1.807) is 18.2 Å². The summed E-state index contributed by atoms with van der Waals surface area (Å²) in [6, 6.07) is 9.15. The lowest BCUT2D eigenvalue weighted by Crippen LogP contribution is -1.95. The Morgan fingerprint density at radius 3 is 1.85 bits per heavy atom. The average molecular weight is 367 g/mol. The van der Waals surface area contributed by atoms with Gasteiger partial charge in [-0.25, -0.2) is 0 Å². The predicted octanol–water partition coefficient (Wildman–Crippen LogP) is 5.61. The third-order valence-corrected chi connectivity index (χ3v) is 4.55. The van der Waals surface area contributed by atoms with Gasteiger partial charge < -0.3 is 15.3 Å². The highest BCUT2D eigenvalue weighted by atomic mass is 16.3. The van der Waals surface area contributed by atoms with E-state index in [0.29, 0.717) is 30.6 Å². The number of hydrogen-bond acceptors (Lipinski definition) is 3. The first kappa shape index (κ1) is 20.6. The van der Waals surface area contributed by atoms with Crippen LogP contribution in [0.5, 0.6) is 17.2 Å². The maximum atomic E-state index is 10.3. The first-order valence-corrected chi connectivity index (χ1v) is 9.37. The molecule has 0 aromatic heterocycles. The van der Waals surface area contributed by atoms with Crippen molar-refractivity contribution in [3.05, 3.63) is 75.9 Å². The van der Waals surface area contributed by atoms with Crippen LogP contribution in [0.3, 0.4) is 0 Å². The summed E-state index contributed by atoms with van der Waals surface area (Å²) in [6.07, 6.45) is 6.79. The van der Waals surface area contributed by atoms with Crippen LogP contribution in [-0.2, 0) is 25.7 Å². The van der Waals surface area contributed by atoms with Crippen LogP contribution >= 0.6 is 0 Å². The summed E-state index contributed by atoms with van der Waals surface area (Å²) in [7, 11) is 0. The molecule has 27 heavy (non-hydrogen) atoms. The van der Waals surface area contributed by atoms with Crippen LogP contribution in [0, 0.1) is 0 Å². The number of rotatable bonds is 7. The molecular formula is C24H30O3. The molecule has 3 N–H and O–H groups in total. The first-order chi connectivity index (χ1) is 12.8. The molecule has 0 radical (unpaired) electrons. The molecule has 144 valence electrons. The van der Waals surface area contributed by atoms with Crippen molar-refractivity contribution in [2.24, 2.45) is 0 Å². The van der Waals surface area contributed by atoms with Crippen LogP contribution in [0.2, 0.25) is 0 Å². The topological polar surface area (TPSA) is 60.7 Å². The minimum absolute atomic E-state index is 0.137. The lowest BCUT2D eigenvalue weighted by Gasteiger charge is -2.10. The molecule has 0 spiro atoms. The molecule has 0 saturated carbocycles. The number of aryl methyl sites for hydroxylation is 2. The molecule has 2 rings (SSSR count). The number of benzene rings is 2. The quantitative estimate of drug-likeness (QED) is 0.559. The second-order valence-electron chi connectivity index (χ2n) is 7.55. The van der Waals surface area contributed by atoms with E-state index < -0.39 is 0 Å². The van der Waals surface area contributed by atoms with E-state index >= 15 is 0 Å². The van der Waals surface area contributed by atoms with Crippen LogP contribution < -0.4 is 0 Å². The molecule has 0 unspecified atom stereocenters. The van der Waals surface area contributed by atoms with Gasteiger partial charge in [-0.1, -0.05) is 35.4 Å². The van der Waals surface area contributed by atoms with Crippen LogP contribution in [0.15, 0.2) is 53.6 Å². The van der Waals surface area contributed by atoms with Gasteiger partial charge in [-0.2, -0.15) is 0 Å². The fraction of sp³-hybridized carbons (Fsp3) is 0.333. The monoisotopic (exact) mass is 366 g/mol. The van der Waals surface area contributed by atoms with Gasteiger partial charge in [-0.15, -0.1) is 0 Å². The highest BCUT2D eigenvalue weighted by Crippen LogP contribution is 2.30. The van der Waals surface area contributed by atoms with Crippen LogP contribution in [0.1, 0.15) is 49.9 Å². The predicted molar refractivity (Wildman–Crippen MR) is 112 cm³/mol. The molecule has 0 saturated heterocycles. The van der Waals surface area contributed by atoms with E-state index in [4.69, 9.17) is 0 Å². The van der Waals surface area contributed by atoms with E-state index in [-0.39, 0.29) is 11.5 Å². The normalized spacial score (nSPS) is 10.5. The van der Waals surface area contributed by atoms with Crippen LogP contribution in [0.25, 0.3) is 0 Å². The lowest BCUT2D eigenvalue weighted by atomic mass is 9.98. The SMILES string of the molecule is CC(C)=CCc1cc(CCc2cc(O)c(CC=C(C)C)c(O)c2)ccc1O. The maximum Gasteiger partial charge on any atom is 0.123 e. The molecule has 0 amide bonds. The van der Waals surface area contributed by atoms with Crippen molar-refractivity contribution in [3.8, 4) is 17.2 Å². The zero-order chi connectivity index (χ0) is 20.0. The Kier molecular flexibility index (Phi) is 7.12. The van der Waals surface area contributed by atoms with Gasteiger partial charge in [0.1, 0.15) is 17.2 Å². The highest BCUT2D eigenvalue weighted by molar-refractivity contribution is 5.48. The van der Waals surface area contributed by atoms with Crippen molar-refractivity contribution >= 4 is 0 Å². The lowest BCUT2D eigenvalue weighted by molar-refractivity contribution is 0.439. The summed E-state index contributed by atoms with van der Waals surface area (Å²) in [5, 5.41) is 30.5. The van der Waals surface area contributed by atoms with Gasteiger partial charge in [0.15, 0.2) is 0 Å². The highest BCUT2D eigenvalue weighted by Gasteiger charge is 2.10. The summed E-state index contributed by atoms with van der Waals surface area (Å²) in [4.78, 5) is 0. The second kappa shape index (κ2) is 9.31. The Morgan fingerprint density at radius 2 is 1.26 bits per heavy atom. The molecule has 0 fully saturated rings. The van der Waals surface area contributed by atoms with E-state index in [9.17, 15) is 15.3 Å². The Hall–Kier alpha value is -2.68. The number of phenolic OH excluding ortho intramolecular Hbond substituents is 3.